The molecule has 1 saturated heterocycles. The summed E-state index contributed by atoms with van der Waals surface area (Å²) in [5, 5.41) is 0. The molecule has 0 aromatic rings. The normalized spacial score (nSPS) is 47.2. The third kappa shape index (κ3) is 2.84. The standard InChI is InChI=1S/C27H38O2/c1-17(2)5-10-25-18(3)22-8-9-24-21-7-6-19-15-20(28)11-13-26(19,4)23(21)12-14-27(22,24)16-29-25/h10-11,13,15,17-18,21-24H,5-9,12,14,16H2,1-4H3. The van der Waals surface area contributed by atoms with Gasteiger partial charge < -0.3 is 4.74 Å². The van der Waals surface area contributed by atoms with Gasteiger partial charge in [-0.15, -0.1) is 0 Å². The van der Waals surface area contributed by atoms with E-state index in [9.17, 15) is 4.79 Å². The number of hydrogen-bond donors (Lipinski definition) is 0. The van der Waals surface area contributed by atoms with Crippen LogP contribution in [-0.2, 0) is 9.53 Å². The minimum Gasteiger partial charge on any atom is -0.497 e. The lowest BCUT2D eigenvalue weighted by molar-refractivity contribution is -0.117. The molecule has 1 spiro atoms. The summed E-state index contributed by atoms with van der Waals surface area (Å²) in [7, 11) is 0. The van der Waals surface area contributed by atoms with Crippen molar-refractivity contribution in [2.24, 2.45) is 46.3 Å². The first-order chi connectivity index (χ1) is 13.8. The van der Waals surface area contributed by atoms with E-state index in [1.807, 2.05) is 12.2 Å². The highest BCUT2D eigenvalue weighted by Gasteiger charge is 2.63. The van der Waals surface area contributed by atoms with E-state index in [4.69, 9.17) is 4.74 Å². The molecule has 0 aromatic heterocycles. The molecule has 4 aliphatic carbocycles. The van der Waals surface area contributed by atoms with E-state index in [0.29, 0.717) is 23.2 Å². The maximum Gasteiger partial charge on any atom is 0.178 e. The van der Waals surface area contributed by atoms with Crippen LogP contribution >= 0.6 is 0 Å². The van der Waals surface area contributed by atoms with Gasteiger partial charge in [0.25, 0.3) is 0 Å². The van der Waals surface area contributed by atoms with Crippen molar-refractivity contribution in [1.82, 2.24) is 0 Å². The van der Waals surface area contributed by atoms with Crippen LogP contribution in [0.25, 0.3) is 0 Å². The molecular weight excluding hydrogens is 356 g/mol. The molecule has 2 nitrogen and oxygen atoms in total. The Labute approximate surface area is 176 Å². The predicted molar refractivity (Wildman–Crippen MR) is 117 cm³/mol. The van der Waals surface area contributed by atoms with Crippen LogP contribution in [0.15, 0.2) is 35.6 Å². The van der Waals surface area contributed by atoms with Gasteiger partial charge in [-0.05, 0) is 92.8 Å². The Kier molecular flexibility index (Phi) is 4.64. The lowest BCUT2D eigenvalue weighted by atomic mass is 9.46. The second-order valence-electron chi connectivity index (χ2n) is 11.4. The highest BCUT2D eigenvalue weighted by Crippen LogP contribution is 2.68. The van der Waals surface area contributed by atoms with E-state index in [-0.39, 0.29) is 11.2 Å². The molecule has 0 radical (unpaired) electrons. The summed E-state index contributed by atoms with van der Waals surface area (Å²) in [5.41, 5.74) is 1.92. The van der Waals surface area contributed by atoms with Crippen LogP contribution in [0.5, 0.6) is 0 Å². The van der Waals surface area contributed by atoms with Crippen molar-refractivity contribution in [3.05, 3.63) is 35.6 Å². The smallest absolute Gasteiger partial charge is 0.178 e. The van der Waals surface area contributed by atoms with Crippen LogP contribution in [0.2, 0.25) is 0 Å². The Morgan fingerprint density at radius 3 is 2.76 bits per heavy atom. The Morgan fingerprint density at radius 2 is 1.97 bits per heavy atom. The maximum absolute atomic E-state index is 12.0. The largest absolute Gasteiger partial charge is 0.497 e. The van der Waals surface area contributed by atoms with Gasteiger partial charge in [-0.2, -0.15) is 0 Å². The Hall–Kier alpha value is -1.31. The summed E-state index contributed by atoms with van der Waals surface area (Å²) in [5.74, 6) is 5.86. The van der Waals surface area contributed by atoms with Crippen molar-refractivity contribution < 1.29 is 9.53 Å². The van der Waals surface area contributed by atoms with Crippen LogP contribution in [0.3, 0.4) is 0 Å². The molecule has 2 heteroatoms. The number of ether oxygens (including phenoxy) is 1. The zero-order valence-electron chi connectivity index (χ0n) is 18.7. The fraction of sp³-hybridized carbons (Fsp3) is 0.741. The number of fused-ring (bicyclic) bond motifs is 4. The highest BCUT2D eigenvalue weighted by molar-refractivity contribution is 6.01. The molecule has 0 aromatic carbocycles. The molecule has 0 amide bonds. The summed E-state index contributed by atoms with van der Waals surface area (Å²) >= 11 is 0. The number of rotatable bonds is 2. The fourth-order valence-electron chi connectivity index (χ4n) is 8.23. The average molecular weight is 395 g/mol. The van der Waals surface area contributed by atoms with Crippen LogP contribution in [-0.4, -0.2) is 12.4 Å². The van der Waals surface area contributed by atoms with Crippen molar-refractivity contribution in [1.29, 1.82) is 0 Å². The zero-order chi connectivity index (χ0) is 20.4. The van der Waals surface area contributed by atoms with Crippen LogP contribution in [0.1, 0.15) is 72.6 Å². The van der Waals surface area contributed by atoms with Crippen molar-refractivity contribution in [2.75, 3.05) is 6.61 Å². The Bertz CT molecular complexity index is 786. The molecule has 0 N–H and O–H groups in total. The quantitative estimate of drug-likeness (QED) is 0.535. The molecule has 0 bridgehead atoms. The summed E-state index contributed by atoms with van der Waals surface area (Å²) in [6.07, 6.45) is 17.3. The first kappa shape index (κ1) is 19.6. The van der Waals surface area contributed by atoms with Gasteiger partial charge in [0.1, 0.15) is 0 Å². The summed E-state index contributed by atoms with van der Waals surface area (Å²) in [6.45, 7) is 10.4. The van der Waals surface area contributed by atoms with E-state index in [1.165, 1.54) is 43.4 Å². The minimum absolute atomic E-state index is 0.111. The number of hydrogen-bond acceptors (Lipinski definition) is 2. The Morgan fingerprint density at radius 1 is 1.17 bits per heavy atom. The SMILES string of the molecule is CC(C)CC=C1OCC23CCC4C(CCC5=CC(=O)C=CC54C)C2CCC3C1C. The van der Waals surface area contributed by atoms with Gasteiger partial charge in [0, 0.05) is 16.7 Å². The first-order valence-corrected chi connectivity index (χ1v) is 12.1. The molecule has 1 aliphatic heterocycles. The number of ketones is 1. The van der Waals surface area contributed by atoms with Crippen molar-refractivity contribution in [3.63, 3.8) is 0 Å². The van der Waals surface area contributed by atoms with Gasteiger partial charge in [-0.25, -0.2) is 0 Å². The molecule has 5 rings (SSSR count). The van der Waals surface area contributed by atoms with E-state index in [0.717, 1.165) is 37.2 Å². The maximum atomic E-state index is 12.0. The van der Waals surface area contributed by atoms with E-state index in [1.54, 1.807) is 0 Å². The lowest BCUT2D eigenvalue weighted by Crippen LogP contribution is -2.54. The van der Waals surface area contributed by atoms with E-state index >= 15 is 0 Å². The van der Waals surface area contributed by atoms with Crippen molar-refractivity contribution in [2.45, 2.75) is 72.6 Å². The fourth-order valence-corrected chi connectivity index (χ4v) is 8.23. The van der Waals surface area contributed by atoms with Gasteiger partial charge in [-0.1, -0.05) is 39.3 Å². The topological polar surface area (TPSA) is 26.3 Å². The van der Waals surface area contributed by atoms with Gasteiger partial charge in [-0.3, -0.25) is 4.79 Å². The second kappa shape index (κ2) is 6.86. The molecule has 3 saturated carbocycles. The van der Waals surface area contributed by atoms with Gasteiger partial charge in [0.2, 0.25) is 0 Å². The van der Waals surface area contributed by atoms with Gasteiger partial charge >= 0.3 is 0 Å². The minimum atomic E-state index is 0.111. The van der Waals surface area contributed by atoms with E-state index < -0.39 is 0 Å². The molecule has 29 heavy (non-hydrogen) atoms. The molecule has 4 fully saturated rings. The van der Waals surface area contributed by atoms with Crippen molar-refractivity contribution in [3.8, 4) is 0 Å². The van der Waals surface area contributed by atoms with Crippen LogP contribution < -0.4 is 0 Å². The third-order valence-electron chi connectivity index (χ3n) is 9.69. The average Bonchev–Trinajstić information content (AvgIpc) is 3.08. The monoisotopic (exact) mass is 394 g/mol. The van der Waals surface area contributed by atoms with Gasteiger partial charge in [0.05, 0.1) is 12.4 Å². The number of allylic oxidation sites excluding steroid dienone is 6. The summed E-state index contributed by atoms with van der Waals surface area (Å²) in [4.78, 5) is 12.0. The Balaban J connectivity index is 1.41. The highest BCUT2D eigenvalue weighted by atomic mass is 16.5. The number of carbonyl (C=O) groups is 1. The molecule has 1 heterocycles. The molecular formula is C27H38O2. The summed E-state index contributed by atoms with van der Waals surface area (Å²) in [6, 6.07) is 0. The molecule has 5 aliphatic rings. The molecule has 7 atom stereocenters. The number of carbonyl (C=O) groups excluding carboxylic acids is 1. The van der Waals surface area contributed by atoms with Crippen molar-refractivity contribution >= 4 is 5.78 Å². The lowest BCUT2D eigenvalue weighted by Gasteiger charge is -2.59. The van der Waals surface area contributed by atoms with E-state index in [2.05, 4.69) is 39.8 Å². The van der Waals surface area contributed by atoms with Gasteiger partial charge in [0.15, 0.2) is 5.78 Å². The van der Waals surface area contributed by atoms with Crippen LogP contribution in [0, 0.1) is 46.3 Å². The predicted octanol–water partition coefficient (Wildman–Crippen LogP) is 6.49. The molecule has 158 valence electrons. The third-order valence-corrected chi connectivity index (χ3v) is 9.69. The molecule has 7 unspecified atom stereocenters. The summed E-state index contributed by atoms with van der Waals surface area (Å²) < 4.78 is 6.53. The first-order valence-electron chi connectivity index (χ1n) is 12.1. The zero-order valence-corrected chi connectivity index (χ0v) is 18.7. The second-order valence-corrected chi connectivity index (χ2v) is 11.4. The van der Waals surface area contributed by atoms with Crippen LogP contribution in [0.4, 0.5) is 0 Å².